The number of hydrogen-bond donors (Lipinski definition) is 2. The van der Waals surface area contributed by atoms with Gasteiger partial charge in [0.1, 0.15) is 17.5 Å². The van der Waals surface area contributed by atoms with E-state index in [0.29, 0.717) is 5.69 Å². The second-order valence-electron chi connectivity index (χ2n) is 3.45. The van der Waals surface area contributed by atoms with Gasteiger partial charge in [-0.2, -0.15) is 0 Å². The molecule has 16 heavy (non-hydrogen) atoms. The summed E-state index contributed by atoms with van der Waals surface area (Å²) in [6, 6.07) is 2.51. The number of benzene rings is 1. The number of halogens is 2. The van der Waals surface area contributed by atoms with Crippen molar-refractivity contribution in [2.24, 2.45) is 0 Å². The van der Waals surface area contributed by atoms with Crippen molar-refractivity contribution in [1.82, 2.24) is 9.97 Å². The number of rotatable bonds is 2. The van der Waals surface area contributed by atoms with Gasteiger partial charge in [0.05, 0.1) is 24.1 Å². The second-order valence-corrected chi connectivity index (χ2v) is 3.45. The maximum atomic E-state index is 13.7. The predicted octanol–water partition coefficient (Wildman–Crippen LogP) is 2.16. The first-order valence-corrected chi connectivity index (χ1v) is 4.73. The van der Waals surface area contributed by atoms with Gasteiger partial charge in [0.2, 0.25) is 0 Å². The van der Waals surface area contributed by atoms with Crippen molar-refractivity contribution in [3.8, 4) is 11.4 Å². The first kappa shape index (κ1) is 10.8. The van der Waals surface area contributed by atoms with Gasteiger partial charge in [-0.3, -0.25) is 0 Å². The van der Waals surface area contributed by atoms with Crippen LogP contribution in [0.2, 0.25) is 0 Å². The lowest BCUT2D eigenvalue weighted by molar-refractivity contribution is 0.277. The zero-order chi connectivity index (χ0) is 11.7. The van der Waals surface area contributed by atoms with E-state index in [1.165, 1.54) is 25.3 Å². The third-order valence-corrected chi connectivity index (χ3v) is 2.37. The molecule has 0 amide bonds. The first-order valence-electron chi connectivity index (χ1n) is 4.73. The summed E-state index contributed by atoms with van der Waals surface area (Å²) in [7, 11) is 0. The maximum Gasteiger partial charge on any atom is 0.140 e. The summed E-state index contributed by atoms with van der Waals surface area (Å²) in [6.45, 7) is 1.17. The fraction of sp³-hybridized carbons (Fsp3) is 0.182. The molecular weight excluding hydrogens is 214 g/mol. The monoisotopic (exact) mass is 224 g/mol. The topological polar surface area (TPSA) is 48.9 Å². The SMILES string of the molecule is Cc1c(F)ccc(-c2ncc(CO)[nH]2)c1F. The molecule has 0 spiro atoms. The fourth-order valence-electron chi connectivity index (χ4n) is 1.42. The molecule has 0 radical (unpaired) electrons. The molecule has 0 atom stereocenters. The highest BCUT2D eigenvalue weighted by Gasteiger charge is 2.13. The molecule has 0 aliphatic rings. The summed E-state index contributed by atoms with van der Waals surface area (Å²) < 4.78 is 26.7. The van der Waals surface area contributed by atoms with E-state index in [1.54, 1.807) is 0 Å². The molecule has 0 saturated heterocycles. The van der Waals surface area contributed by atoms with Gasteiger partial charge in [-0.15, -0.1) is 0 Å². The Hall–Kier alpha value is -1.75. The van der Waals surface area contributed by atoms with Crippen LogP contribution < -0.4 is 0 Å². The molecule has 1 heterocycles. The van der Waals surface area contributed by atoms with E-state index in [-0.39, 0.29) is 23.6 Å². The molecule has 0 fully saturated rings. The Morgan fingerprint density at radius 2 is 2.12 bits per heavy atom. The lowest BCUT2D eigenvalue weighted by atomic mass is 10.1. The molecule has 2 N–H and O–H groups in total. The average molecular weight is 224 g/mol. The smallest absolute Gasteiger partial charge is 0.140 e. The average Bonchev–Trinajstić information content (AvgIpc) is 2.74. The lowest BCUT2D eigenvalue weighted by Gasteiger charge is -2.03. The zero-order valence-corrected chi connectivity index (χ0v) is 8.59. The predicted molar refractivity (Wildman–Crippen MR) is 54.6 cm³/mol. The number of imidazole rings is 1. The molecule has 0 aliphatic heterocycles. The van der Waals surface area contributed by atoms with Crippen LogP contribution in [0.3, 0.4) is 0 Å². The van der Waals surface area contributed by atoms with E-state index >= 15 is 0 Å². The molecule has 5 heteroatoms. The van der Waals surface area contributed by atoms with Crippen molar-refractivity contribution < 1.29 is 13.9 Å². The Morgan fingerprint density at radius 3 is 2.75 bits per heavy atom. The van der Waals surface area contributed by atoms with Crippen LogP contribution in [0.5, 0.6) is 0 Å². The number of nitrogens with zero attached hydrogens (tertiary/aromatic N) is 1. The Kier molecular flexibility index (Phi) is 2.70. The van der Waals surface area contributed by atoms with E-state index in [9.17, 15) is 8.78 Å². The highest BCUT2D eigenvalue weighted by molar-refractivity contribution is 5.57. The zero-order valence-electron chi connectivity index (χ0n) is 8.59. The number of aliphatic hydroxyl groups excluding tert-OH is 1. The highest BCUT2D eigenvalue weighted by atomic mass is 19.1. The van der Waals surface area contributed by atoms with Crippen LogP contribution in [0, 0.1) is 18.6 Å². The van der Waals surface area contributed by atoms with Gasteiger partial charge < -0.3 is 10.1 Å². The molecular formula is C11H10F2N2O. The van der Waals surface area contributed by atoms with E-state index in [2.05, 4.69) is 9.97 Å². The van der Waals surface area contributed by atoms with Gasteiger partial charge in [0.25, 0.3) is 0 Å². The Labute approximate surface area is 90.8 Å². The van der Waals surface area contributed by atoms with Gasteiger partial charge >= 0.3 is 0 Å². The van der Waals surface area contributed by atoms with Crippen LogP contribution in [0.1, 0.15) is 11.3 Å². The summed E-state index contributed by atoms with van der Waals surface area (Å²) in [4.78, 5) is 6.65. The number of aromatic amines is 1. The minimum Gasteiger partial charge on any atom is -0.390 e. The molecule has 1 aromatic carbocycles. The van der Waals surface area contributed by atoms with Crippen molar-refractivity contribution >= 4 is 0 Å². The molecule has 2 aromatic rings. The second kappa shape index (κ2) is 4.02. The Balaban J connectivity index is 2.52. The van der Waals surface area contributed by atoms with Gasteiger partial charge in [0, 0.05) is 5.56 Å². The molecule has 0 saturated carbocycles. The highest BCUT2D eigenvalue weighted by Crippen LogP contribution is 2.23. The third-order valence-electron chi connectivity index (χ3n) is 2.37. The largest absolute Gasteiger partial charge is 0.390 e. The minimum absolute atomic E-state index is 0.0422. The molecule has 0 aliphatic carbocycles. The molecule has 0 unspecified atom stereocenters. The van der Waals surface area contributed by atoms with E-state index < -0.39 is 11.6 Å². The van der Waals surface area contributed by atoms with Crippen molar-refractivity contribution in [2.75, 3.05) is 0 Å². The minimum atomic E-state index is -0.640. The Morgan fingerprint density at radius 1 is 1.38 bits per heavy atom. The summed E-state index contributed by atoms with van der Waals surface area (Å²) >= 11 is 0. The van der Waals surface area contributed by atoms with E-state index in [0.717, 1.165) is 0 Å². The van der Waals surface area contributed by atoms with Crippen LogP contribution in [-0.2, 0) is 6.61 Å². The quantitative estimate of drug-likeness (QED) is 0.821. The van der Waals surface area contributed by atoms with E-state index in [1.807, 2.05) is 0 Å². The van der Waals surface area contributed by atoms with Gasteiger partial charge in [-0.1, -0.05) is 0 Å². The number of aliphatic hydroxyl groups is 1. The van der Waals surface area contributed by atoms with Crippen LogP contribution in [0.4, 0.5) is 8.78 Å². The van der Waals surface area contributed by atoms with Crippen LogP contribution in [0.25, 0.3) is 11.4 Å². The number of H-pyrrole nitrogens is 1. The Bertz CT molecular complexity index is 523. The summed E-state index contributed by atoms with van der Waals surface area (Å²) in [5.41, 5.74) is 0.634. The van der Waals surface area contributed by atoms with Crippen molar-refractivity contribution in [3.05, 3.63) is 41.2 Å². The van der Waals surface area contributed by atoms with E-state index in [4.69, 9.17) is 5.11 Å². The first-order chi connectivity index (χ1) is 7.63. The van der Waals surface area contributed by atoms with Crippen LogP contribution in [0.15, 0.2) is 18.3 Å². The molecule has 0 bridgehead atoms. The normalized spacial score (nSPS) is 10.8. The van der Waals surface area contributed by atoms with Crippen LogP contribution >= 0.6 is 0 Å². The van der Waals surface area contributed by atoms with Crippen molar-refractivity contribution in [1.29, 1.82) is 0 Å². The summed E-state index contributed by atoms with van der Waals surface area (Å²) in [5, 5.41) is 8.84. The molecule has 84 valence electrons. The summed E-state index contributed by atoms with van der Waals surface area (Å²) in [6.07, 6.45) is 1.41. The number of nitrogens with one attached hydrogen (secondary N) is 1. The maximum absolute atomic E-state index is 13.7. The third kappa shape index (κ3) is 1.69. The number of hydrogen-bond acceptors (Lipinski definition) is 2. The molecule has 1 aromatic heterocycles. The van der Waals surface area contributed by atoms with Gasteiger partial charge in [-0.25, -0.2) is 13.8 Å². The summed E-state index contributed by atoms with van der Waals surface area (Å²) in [5.74, 6) is -0.946. The molecule has 3 nitrogen and oxygen atoms in total. The van der Waals surface area contributed by atoms with Gasteiger partial charge in [-0.05, 0) is 19.1 Å². The van der Waals surface area contributed by atoms with Crippen molar-refractivity contribution in [2.45, 2.75) is 13.5 Å². The van der Waals surface area contributed by atoms with Crippen molar-refractivity contribution in [3.63, 3.8) is 0 Å². The lowest BCUT2D eigenvalue weighted by Crippen LogP contribution is -1.94. The standard InChI is InChI=1S/C11H10F2N2O/c1-6-9(12)3-2-8(10(6)13)11-14-4-7(5-16)15-11/h2-4,16H,5H2,1H3,(H,14,15). The van der Waals surface area contributed by atoms with Crippen LogP contribution in [-0.4, -0.2) is 15.1 Å². The molecule has 2 rings (SSSR count). The fourth-order valence-corrected chi connectivity index (χ4v) is 1.42. The number of aromatic nitrogens is 2. The van der Waals surface area contributed by atoms with Gasteiger partial charge in [0.15, 0.2) is 0 Å².